The molecule has 1 amide bonds. The zero-order chi connectivity index (χ0) is 23.6. The molecule has 2 saturated heterocycles. The lowest BCUT2D eigenvalue weighted by Gasteiger charge is -2.37. The number of ether oxygens (including phenoxy) is 1. The number of pyridine rings is 1. The van der Waals surface area contributed by atoms with Crippen molar-refractivity contribution < 1.29 is 22.7 Å². The smallest absolute Gasteiger partial charge is 0.378 e. The van der Waals surface area contributed by atoms with E-state index in [9.17, 15) is 22.8 Å². The van der Waals surface area contributed by atoms with Gasteiger partial charge in [-0.25, -0.2) is 4.98 Å². The summed E-state index contributed by atoms with van der Waals surface area (Å²) in [5, 5.41) is 3.96. The summed E-state index contributed by atoms with van der Waals surface area (Å²) in [6, 6.07) is 1.90. The number of hydrogen-bond donors (Lipinski definition) is 0. The maximum Gasteiger partial charge on any atom is 0.417 e. The number of piperazine rings is 1. The van der Waals surface area contributed by atoms with Gasteiger partial charge in [0.1, 0.15) is 5.02 Å². The van der Waals surface area contributed by atoms with Crippen LogP contribution in [0.25, 0.3) is 5.82 Å². The van der Waals surface area contributed by atoms with Gasteiger partial charge in [0.05, 0.1) is 37.2 Å². The number of anilines is 1. The molecule has 2 aromatic rings. The predicted molar refractivity (Wildman–Crippen MR) is 114 cm³/mol. The molecular weight excluding hydrogens is 465 g/mol. The Morgan fingerprint density at radius 1 is 1.06 bits per heavy atom. The molecule has 0 atom stereocenters. The molecule has 0 spiro atoms. The van der Waals surface area contributed by atoms with E-state index in [0.29, 0.717) is 70.9 Å². The molecule has 13 heteroatoms. The Morgan fingerprint density at radius 2 is 1.76 bits per heavy atom. The van der Waals surface area contributed by atoms with Crippen LogP contribution in [0, 0.1) is 0 Å². The summed E-state index contributed by atoms with van der Waals surface area (Å²) in [5.41, 5.74) is -1.16. The first-order valence-corrected chi connectivity index (χ1v) is 10.8. The molecule has 0 N–H and O–H groups in total. The van der Waals surface area contributed by atoms with Crippen LogP contribution >= 0.6 is 11.6 Å². The number of aromatic nitrogens is 3. The second kappa shape index (κ2) is 9.65. The first kappa shape index (κ1) is 23.5. The summed E-state index contributed by atoms with van der Waals surface area (Å²) in [6.07, 6.45) is -2.49. The maximum absolute atomic E-state index is 12.7. The summed E-state index contributed by atoms with van der Waals surface area (Å²) in [5.74, 6) is 0.00554. The van der Waals surface area contributed by atoms with E-state index in [1.807, 2.05) is 9.80 Å². The van der Waals surface area contributed by atoms with E-state index in [4.69, 9.17) is 16.3 Å². The minimum absolute atomic E-state index is 0.0621. The van der Waals surface area contributed by atoms with Crippen LogP contribution in [-0.2, 0) is 15.7 Å². The summed E-state index contributed by atoms with van der Waals surface area (Å²) in [6.45, 7) is 4.93. The van der Waals surface area contributed by atoms with Crippen molar-refractivity contribution in [3.8, 4) is 5.82 Å². The van der Waals surface area contributed by atoms with E-state index in [1.165, 1.54) is 6.20 Å². The molecule has 2 fully saturated rings. The fourth-order valence-corrected chi connectivity index (χ4v) is 3.99. The molecule has 2 aliphatic rings. The average molecular weight is 487 g/mol. The van der Waals surface area contributed by atoms with Gasteiger partial charge in [-0.15, -0.1) is 0 Å². The maximum atomic E-state index is 12.7. The van der Waals surface area contributed by atoms with Gasteiger partial charge in [0.15, 0.2) is 5.82 Å². The molecule has 2 aliphatic heterocycles. The summed E-state index contributed by atoms with van der Waals surface area (Å²) >= 11 is 6.30. The zero-order valence-electron chi connectivity index (χ0n) is 17.6. The van der Waals surface area contributed by atoms with Crippen LogP contribution < -0.4 is 10.5 Å². The van der Waals surface area contributed by atoms with Crippen LogP contribution in [0.1, 0.15) is 5.56 Å². The van der Waals surface area contributed by atoms with Crippen molar-refractivity contribution >= 4 is 23.2 Å². The zero-order valence-corrected chi connectivity index (χ0v) is 18.3. The quantitative estimate of drug-likeness (QED) is 0.643. The lowest BCUT2D eigenvalue weighted by atomic mass is 10.2. The fraction of sp³-hybridized carbons (Fsp3) is 0.500. The fourth-order valence-electron chi connectivity index (χ4n) is 3.74. The molecular formula is C20H22ClF3N6O3. The van der Waals surface area contributed by atoms with Crippen molar-refractivity contribution in [3.63, 3.8) is 0 Å². The van der Waals surface area contributed by atoms with Crippen molar-refractivity contribution in [1.29, 1.82) is 0 Å². The second-order valence-corrected chi connectivity index (χ2v) is 8.10. The molecule has 0 aromatic carbocycles. The largest absolute Gasteiger partial charge is 0.417 e. The molecule has 0 bridgehead atoms. The predicted octanol–water partition coefficient (Wildman–Crippen LogP) is 1.28. The third-order valence-electron chi connectivity index (χ3n) is 5.63. The van der Waals surface area contributed by atoms with Gasteiger partial charge in [-0.05, 0) is 12.1 Å². The Labute approximate surface area is 192 Å². The van der Waals surface area contributed by atoms with Crippen molar-refractivity contribution in [1.82, 2.24) is 24.6 Å². The van der Waals surface area contributed by atoms with Gasteiger partial charge in [0.25, 0.3) is 5.56 Å². The Bertz CT molecular complexity index is 1050. The molecule has 178 valence electrons. The summed E-state index contributed by atoms with van der Waals surface area (Å²) in [4.78, 5) is 34.6. The molecule has 33 heavy (non-hydrogen) atoms. The Balaban J connectivity index is 1.41. The summed E-state index contributed by atoms with van der Waals surface area (Å²) < 4.78 is 44.3. The topological polar surface area (TPSA) is 83.8 Å². The van der Waals surface area contributed by atoms with E-state index in [0.717, 1.165) is 16.8 Å². The number of rotatable bonds is 4. The third-order valence-corrected chi connectivity index (χ3v) is 5.98. The van der Waals surface area contributed by atoms with Gasteiger partial charge >= 0.3 is 6.18 Å². The van der Waals surface area contributed by atoms with E-state index >= 15 is 0 Å². The second-order valence-electron chi connectivity index (χ2n) is 7.72. The van der Waals surface area contributed by atoms with Gasteiger partial charge in [-0.1, -0.05) is 11.6 Å². The van der Waals surface area contributed by atoms with Crippen molar-refractivity contribution in [3.05, 3.63) is 45.5 Å². The van der Waals surface area contributed by atoms with Crippen LogP contribution in [-0.4, -0.2) is 89.5 Å². The number of morpholine rings is 1. The molecule has 2 aromatic heterocycles. The number of amides is 1. The molecule has 4 heterocycles. The van der Waals surface area contributed by atoms with Crippen molar-refractivity contribution in [2.24, 2.45) is 0 Å². The van der Waals surface area contributed by atoms with Gasteiger partial charge in [0.2, 0.25) is 5.91 Å². The van der Waals surface area contributed by atoms with E-state index in [2.05, 4.69) is 10.1 Å². The van der Waals surface area contributed by atoms with E-state index < -0.39 is 17.3 Å². The average Bonchev–Trinajstić information content (AvgIpc) is 2.81. The third kappa shape index (κ3) is 5.28. The van der Waals surface area contributed by atoms with Crippen LogP contribution in [0.3, 0.4) is 0 Å². The number of halogens is 4. The van der Waals surface area contributed by atoms with Crippen LogP contribution in [0.5, 0.6) is 0 Å². The minimum atomic E-state index is -4.53. The molecule has 0 saturated carbocycles. The number of nitrogens with zero attached hydrogens (tertiary/aromatic N) is 6. The standard InChI is InChI=1S/C20H22ClF3N6O3/c21-18-15(12-26-30(19(18)32)16-2-1-14(11-25-16)20(22,23)24)28-5-3-27(4-6-28)13-17(31)29-7-9-33-10-8-29/h1-2,11-12H,3-10,13H2. The van der Waals surface area contributed by atoms with Crippen LogP contribution in [0.4, 0.5) is 18.9 Å². The van der Waals surface area contributed by atoms with Crippen LogP contribution in [0.15, 0.2) is 29.3 Å². The number of alkyl halides is 3. The monoisotopic (exact) mass is 486 g/mol. The molecule has 9 nitrogen and oxygen atoms in total. The van der Waals surface area contributed by atoms with Crippen LogP contribution in [0.2, 0.25) is 5.02 Å². The molecule has 4 rings (SSSR count). The Morgan fingerprint density at radius 3 is 2.36 bits per heavy atom. The van der Waals surface area contributed by atoms with E-state index in [1.54, 1.807) is 4.90 Å². The van der Waals surface area contributed by atoms with Gasteiger partial charge in [-0.3, -0.25) is 14.5 Å². The SMILES string of the molecule is O=C(CN1CCN(c2cnn(-c3ccc(C(F)(F)F)cn3)c(=O)c2Cl)CC1)N1CCOCC1. The lowest BCUT2D eigenvalue weighted by Crippen LogP contribution is -2.51. The molecule has 0 unspecified atom stereocenters. The summed E-state index contributed by atoms with van der Waals surface area (Å²) in [7, 11) is 0. The van der Waals surface area contributed by atoms with Gasteiger partial charge in [-0.2, -0.15) is 23.0 Å². The minimum Gasteiger partial charge on any atom is -0.378 e. The highest BCUT2D eigenvalue weighted by molar-refractivity contribution is 6.33. The van der Waals surface area contributed by atoms with E-state index in [-0.39, 0.29) is 16.7 Å². The highest BCUT2D eigenvalue weighted by atomic mass is 35.5. The number of carbonyl (C=O) groups is 1. The highest BCUT2D eigenvalue weighted by Crippen LogP contribution is 2.29. The Hall–Kier alpha value is -2.70. The molecule has 0 aliphatic carbocycles. The first-order chi connectivity index (χ1) is 15.7. The first-order valence-electron chi connectivity index (χ1n) is 10.4. The van der Waals surface area contributed by atoms with Gasteiger partial charge < -0.3 is 14.5 Å². The molecule has 0 radical (unpaired) electrons. The normalized spacial score (nSPS) is 17.9. The number of carbonyl (C=O) groups excluding carboxylic acids is 1. The highest BCUT2D eigenvalue weighted by Gasteiger charge is 2.31. The van der Waals surface area contributed by atoms with Gasteiger partial charge in [0, 0.05) is 45.5 Å². The van der Waals surface area contributed by atoms with Crippen molar-refractivity contribution in [2.75, 3.05) is 63.9 Å². The number of hydrogen-bond acceptors (Lipinski definition) is 7. The lowest BCUT2D eigenvalue weighted by molar-refractivity contribution is -0.138. The Kier molecular flexibility index (Phi) is 6.86. The van der Waals surface area contributed by atoms with Crippen molar-refractivity contribution in [2.45, 2.75) is 6.18 Å².